The molecule has 6 heteroatoms. The van der Waals surface area contributed by atoms with Gasteiger partial charge < -0.3 is 5.32 Å². The van der Waals surface area contributed by atoms with Gasteiger partial charge in [-0.2, -0.15) is 8.78 Å². The lowest BCUT2D eigenvalue weighted by Crippen LogP contribution is -2.46. The number of nitrogens with one attached hydrogen (secondary N) is 1. The van der Waals surface area contributed by atoms with Crippen molar-refractivity contribution in [2.75, 3.05) is 5.32 Å². The van der Waals surface area contributed by atoms with Crippen molar-refractivity contribution >= 4 is 34.3 Å². The number of carbonyl (C=O) groups excluding carboxylic acids is 1. The predicted molar refractivity (Wildman–Crippen MR) is 81.3 cm³/mol. The van der Waals surface area contributed by atoms with Crippen LogP contribution in [0, 0.1) is 3.57 Å². The molecule has 0 bridgehead atoms. The first-order chi connectivity index (χ1) is 9.97. The molecule has 1 N–H and O–H groups in total. The zero-order valence-electron chi connectivity index (χ0n) is 10.7. The van der Waals surface area contributed by atoms with Crippen LogP contribution >= 0.6 is 22.6 Å². The van der Waals surface area contributed by atoms with Crippen molar-refractivity contribution in [2.24, 2.45) is 0 Å². The van der Waals surface area contributed by atoms with Gasteiger partial charge in [-0.05, 0) is 52.8 Å². The summed E-state index contributed by atoms with van der Waals surface area (Å²) in [5, 5.41) is 2.50. The van der Waals surface area contributed by atoms with Gasteiger partial charge in [0.05, 0.1) is 0 Å². The number of amides is 1. The summed E-state index contributed by atoms with van der Waals surface area (Å²) in [5.41, 5.74) is -1.12. The maximum atomic E-state index is 15.1. The summed E-state index contributed by atoms with van der Waals surface area (Å²) >= 11 is 2.00. The summed E-state index contributed by atoms with van der Waals surface area (Å²) in [6.07, 6.45) is 1.48. The highest BCUT2D eigenvalue weighted by molar-refractivity contribution is 14.1. The van der Waals surface area contributed by atoms with Gasteiger partial charge >= 0.3 is 0 Å². The lowest BCUT2D eigenvalue weighted by molar-refractivity contribution is -0.138. The zero-order valence-corrected chi connectivity index (χ0v) is 12.8. The monoisotopic (exact) mass is 398 g/mol. The van der Waals surface area contributed by atoms with Gasteiger partial charge in [0, 0.05) is 20.9 Å². The topological polar surface area (TPSA) is 42.0 Å². The number of halogens is 3. The Hall–Kier alpha value is -1.57. The Kier molecular flexibility index (Phi) is 2.50. The maximum Gasteiger partial charge on any atom is 0.292 e. The van der Waals surface area contributed by atoms with Crippen LogP contribution in [0.3, 0.4) is 0 Å². The normalized spacial score (nSPS) is 24.8. The van der Waals surface area contributed by atoms with Gasteiger partial charge in [0.1, 0.15) is 11.2 Å². The molecular formula is C15H9F2IN2O. The third-order valence-electron chi connectivity index (χ3n) is 4.29. The molecule has 2 heterocycles. The molecule has 21 heavy (non-hydrogen) atoms. The van der Waals surface area contributed by atoms with E-state index in [2.05, 4.69) is 10.3 Å². The van der Waals surface area contributed by atoms with E-state index in [4.69, 9.17) is 0 Å². The summed E-state index contributed by atoms with van der Waals surface area (Å²) in [6.45, 7) is 0. The summed E-state index contributed by atoms with van der Waals surface area (Å²) in [6, 6.07) is 8.08. The van der Waals surface area contributed by atoms with Crippen molar-refractivity contribution in [1.29, 1.82) is 0 Å². The van der Waals surface area contributed by atoms with Crippen LogP contribution in [-0.2, 0) is 22.6 Å². The van der Waals surface area contributed by atoms with E-state index in [0.717, 1.165) is 3.57 Å². The first-order valence-electron chi connectivity index (χ1n) is 6.40. The second-order valence-corrected chi connectivity index (χ2v) is 6.56. The summed E-state index contributed by atoms with van der Waals surface area (Å²) < 4.78 is 31.0. The number of hydrogen-bond donors (Lipinski definition) is 1. The highest BCUT2D eigenvalue weighted by Crippen LogP contribution is 2.59. The zero-order chi connectivity index (χ0) is 14.8. The number of anilines is 1. The molecule has 1 aromatic heterocycles. The first-order valence-corrected chi connectivity index (χ1v) is 7.48. The number of alkyl halides is 2. The second kappa shape index (κ2) is 4.00. The number of rotatable bonds is 0. The van der Waals surface area contributed by atoms with Crippen LogP contribution in [0.5, 0.6) is 0 Å². The number of fused-ring (bicyclic) bond motifs is 3. The van der Waals surface area contributed by atoms with E-state index in [1.54, 1.807) is 24.3 Å². The fourth-order valence-electron chi connectivity index (χ4n) is 3.29. The molecule has 0 radical (unpaired) electrons. The molecule has 1 aliphatic carbocycles. The molecular weight excluding hydrogens is 389 g/mol. The number of pyridine rings is 1. The van der Waals surface area contributed by atoms with Crippen LogP contribution in [0.15, 0.2) is 36.5 Å². The van der Waals surface area contributed by atoms with Crippen LogP contribution in [0.2, 0.25) is 0 Å². The minimum absolute atomic E-state index is 0.00319. The average Bonchev–Trinajstić information content (AvgIpc) is 2.86. The largest absolute Gasteiger partial charge is 0.309 e. The lowest BCUT2D eigenvalue weighted by atomic mass is 9.77. The van der Waals surface area contributed by atoms with Gasteiger partial charge in [0.2, 0.25) is 5.91 Å². The molecule has 1 aromatic carbocycles. The molecule has 0 saturated carbocycles. The van der Waals surface area contributed by atoms with E-state index in [-0.39, 0.29) is 23.4 Å². The predicted octanol–water partition coefficient (Wildman–Crippen LogP) is 3.22. The molecule has 0 fully saturated rings. The molecule has 106 valence electrons. The summed E-state index contributed by atoms with van der Waals surface area (Å²) in [4.78, 5) is 16.4. The third-order valence-corrected chi connectivity index (χ3v) is 4.96. The highest BCUT2D eigenvalue weighted by Gasteiger charge is 2.68. The van der Waals surface area contributed by atoms with Gasteiger partial charge in [-0.3, -0.25) is 4.79 Å². The van der Waals surface area contributed by atoms with E-state index in [0.29, 0.717) is 5.56 Å². The van der Waals surface area contributed by atoms with E-state index in [1.807, 2.05) is 22.6 Å². The van der Waals surface area contributed by atoms with Gasteiger partial charge in [0.15, 0.2) is 0 Å². The molecule has 2 aromatic rings. The van der Waals surface area contributed by atoms with E-state index >= 15 is 8.78 Å². The van der Waals surface area contributed by atoms with Crippen molar-refractivity contribution in [1.82, 2.24) is 4.98 Å². The minimum Gasteiger partial charge on any atom is -0.309 e. The Morgan fingerprint density at radius 2 is 2.05 bits per heavy atom. The smallest absolute Gasteiger partial charge is 0.292 e. The van der Waals surface area contributed by atoms with Crippen LogP contribution < -0.4 is 5.32 Å². The summed E-state index contributed by atoms with van der Waals surface area (Å²) in [7, 11) is 0. The van der Waals surface area contributed by atoms with E-state index in [1.165, 1.54) is 12.3 Å². The summed E-state index contributed by atoms with van der Waals surface area (Å²) in [5.74, 6) is -3.68. The molecule has 2 aliphatic rings. The van der Waals surface area contributed by atoms with Crippen LogP contribution in [0.4, 0.5) is 14.6 Å². The number of aromatic nitrogens is 1. The van der Waals surface area contributed by atoms with Crippen molar-refractivity contribution < 1.29 is 13.6 Å². The molecule has 1 unspecified atom stereocenters. The number of benzene rings is 1. The van der Waals surface area contributed by atoms with Crippen LogP contribution in [0.25, 0.3) is 0 Å². The molecule has 1 spiro atoms. The Morgan fingerprint density at radius 1 is 1.24 bits per heavy atom. The number of nitrogens with zero attached hydrogens (tertiary/aromatic N) is 1. The van der Waals surface area contributed by atoms with Gasteiger partial charge in [-0.15, -0.1) is 0 Å². The number of hydrogen-bond acceptors (Lipinski definition) is 2. The van der Waals surface area contributed by atoms with E-state index < -0.39 is 17.2 Å². The lowest BCUT2D eigenvalue weighted by Gasteiger charge is -2.29. The maximum absolute atomic E-state index is 15.1. The fourth-order valence-corrected chi connectivity index (χ4v) is 3.79. The van der Waals surface area contributed by atoms with Crippen LogP contribution in [-0.4, -0.2) is 10.9 Å². The Bertz CT molecular complexity index is 793. The Morgan fingerprint density at radius 3 is 2.86 bits per heavy atom. The molecule has 1 aliphatic heterocycles. The average molecular weight is 398 g/mol. The molecule has 3 nitrogen and oxygen atoms in total. The standard InChI is InChI=1S/C15H9F2IN2O/c16-15(17)11-6-9(18)4-3-8(11)7-14(15)10-2-1-5-19-12(10)20-13(14)21/h1-6H,7H2,(H,19,20,21). The van der Waals surface area contributed by atoms with Crippen molar-refractivity contribution in [3.8, 4) is 0 Å². The minimum atomic E-state index is -3.25. The quantitative estimate of drug-likeness (QED) is 0.693. The molecule has 4 rings (SSSR count). The Balaban J connectivity index is 2.01. The van der Waals surface area contributed by atoms with Gasteiger partial charge in [0.25, 0.3) is 5.92 Å². The molecule has 1 amide bonds. The van der Waals surface area contributed by atoms with Crippen molar-refractivity contribution in [2.45, 2.75) is 17.8 Å². The second-order valence-electron chi connectivity index (χ2n) is 5.31. The van der Waals surface area contributed by atoms with Gasteiger partial charge in [-0.25, -0.2) is 4.98 Å². The fraction of sp³-hybridized carbons (Fsp3) is 0.200. The number of carbonyl (C=O) groups is 1. The highest BCUT2D eigenvalue weighted by atomic mass is 127. The first kappa shape index (κ1) is 13.1. The third kappa shape index (κ3) is 1.46. The van der Waals surface area contributed by atoms with Gasteiger partial charge in [-0.1, -0.05) is 12.1 Å². The SMILES string of the molecule is O=C1Nc2ncccc2C12Cc1ccc(I)cc1C2(F)F. The van der Waals surface area contributed by atoms with Crippen molar-refractivity contribution in [3.05, 3.63) is 56.8 Å². The van der Waals surface area contributed by atoms with E-state index in [9.17, 15) is 4.79 Å². The van der Waals surface area contributed by atoms with Crippen molar-refractivity contribution in [3.63, 3.8) is 0 Å². The molecule has 1 atom stereocenters. The molecule has 0 saturated heterocycles. The van der Waals surface area contributed by atoms with Crippen LogP contribution in [0.1, 0.15) is 16.7 Å². The Labute approximate surface area is 132 Å².